The number of aromatic nitrogens is 5. The molecule has 3 aromatic heterocycles. The fraction of sp³-hybridized carbons (Fsp3) is 0.0714. The Morgan fingerprint density at radius 2 is 1.18 bits per heavy atom. The van der Waals surface area contributed by atoms with Crippen LogP contribution in [-0.2, 0) is 5.41 Å². The zero-order valence-electron chi connectivity index (χ0n) is 41.4. The topological polar surface area (TPSA) is 57.8 Å². The molecule has 0 saturated carbocycles. The summed E-state index contributed by atoms with van der Waals surface area (Å²) in [6.45, 7) is 0. The van der Waals surface area contributed by atoms with Crippen LogP contribution in [0.15, 0.2) is 231 Å². The maximum Gasteiger partial charge on any atom is 0.164 e. The first kappa shape index (κ1) is 42.8. The van der Waals surface area contributed by atoms with Crippen LogP contribution in [0.3, 0.4) is 0 Å². The van der Waals surface area contributed by atoms with Crippen molar-refractivity contribution in [2.75, 3.05) is 0 Å². The van der Waals surface area contributed by atoms with Gasteiger partial charge in [-0.2, -0.15) is 0 Å². The maximum absolute atomic E-state index is 7.33. The monoisotopic (exact) mass is 973 g/mol. The highest BCUT2D eigenvalue weighted by molar-refractivity contribution is 6.16. The first-order chi connectivity index (χ1) is 37.7. The minimum Gasteiger partial charge on any atom is -0.456 e. The fourth-order valence-corrected chi connectivity index (χ4v) is 13.1. The van der Waals surface area contributed by atoms with E-state index < -0.39 is 5.41 Å². The molecule has 9 aromatic carbocycles. The molecule has 76 heavy (non-hydrogen) atoms. The predicted molar refractivity (Wildman–Crippen MR) is 308 cm³/mol. The SMILES string of the molecule is C1=CC(c2nc(-c3ccccc3)nc(-c3cccc4c3c3cc(-c5cccc6c5Oc5ccccc5C65c6ccccc6-n6c7c(c8cccc5c86)=CCCC=7)ccc3n4-c3ccccc3)n2)CC=C1c1ccccc1. The van der Waals surface area contributed by atoms with Crippen molar-refractivity contribution in [3.8, 4) is 56.8 Å². The number of rotatable bonds is 6. The minimum atomic E-state index is -0.673. The van der Waals surface area contributed by atoms with Gasteiger partial charge in [-0.1, -0.05) is 200 Å². The summed E-state index contributed by atoms with van der Waals surface area (Å²) >= 11 is 0. The highest BCUT2D eigenvalue weighted by Gasteiger charge is 2.50. The van der Waals surface area contributed by atoms with E-state index in [4.69, 9.17) is 19.7 Å². The summed E-state index contributed by atoms with van der Waals surface area (Å²) in [4.78, 5) is 16.0. The predicted octanol–water partition coefficient (Wildman–Crippen LogP) is 15.2. The van der Waals surface area contributed by atoms with Crippen LogP contribution in [-0.4, -0.2) is 24.1 Å². The Morgan fingerprint density at radius 1 is 0.487 bits per heavy atom. The van der Waals surface area contributed by atoms with Crippen molar-refractivity contribution in [3.05, 3.63) is 275 Å². The summed E-state index contributed by atoms with van der Waals surface area (Å²) in [6, 6.07) is 76.5. The molecular weight excluding hydrogens is 927 g/mol. The third-order valence-corrected chi connectivity index (χ3v) is 16.4. The lowest BCUT2D eigenvalue weighted by atomic mass is 9.61. The average Bonchev–Trinajstić information content (AvgIpc) is 4.19. The zero-order valence-corrected chi connectivity index (χ0v) is 41.4. The van der Waals surface area contributed by atoms with Gasteiger partial charge in [0.1, 0.15) is 17.3 Å². The lowest BCUT2D eigenvalue weighted by molar-refractivity contribution is 0.435. The summed E-state index contributed by atoms with van der Waals surface area (Å²) < 4.78 is 12.2. The summed E-state index contributed by atoms with van der Waals surface area (Å²) in [6.07, 6.45) is 14.5. The molecule has 0 radical (unpaired) electrons. The van der Waals surface area contributed by atoms with Gasteiger partial charge in [0.25, 0.3) is 0 Å². The van der Waals surface area contributed by atoms with Gasteiger partial charge in [0.2, 0.25) is 0 Å². The number of allylic oxidation sites excluding steroid dienone is 4. The second-order valence-electron chi connectivity index (χ2n) is 20.4. The van der Waals surface area contributed by atoms with E-state index in [1.54, 1.807) is 0 Å². The number of benzene rings is 9. The fourth-order valence-electron chi connectivity index (χ4n) is 13.1. The smallest absolute Gasteiger partial charge is 0.164 e. The summed E-state index contributed by atoms with van der Waals surface area (Å²) in [5.41, 5.74) is 16.2. The molecule has 16 rings (SSSR count). The van der Waals surface area contributed by atoms with Crippen molar-refractivity contribution >= 4 is 50.4 Å². The van der Waals surface area contributed by atoms with Gasteiger partial charge in [0.15, 0.2) is 11.6 Å². The van der Waals surface area contributed by atoms with E-state index in [0.717, 1.165) is 97.5 Å². The lowest BCUT2D eigenvalue weighted by Crippen LogP contribution is -2.40. The second kappa shape index (κ2) is 16.7. The molecule has 2 aliphatic heterocycles. The molecule has 0 amide bonds. The van der Waals surface area contributed by atoms with Crippen LogP contribution in [0, 0.1) is 0 Å². The molecule has 4 aliphatic rings. The molecule has 0 bridgehead atoms. The molecular formula is C70H47N5O. The number of fused-ring (bicyclic) bond motifs is 14. The third kappa shape index (κ3) is 6.18. The standard InChI is InChI=1S/C70H47N5O/c1-4-19-44(20-5-1)45-37-39-47(40-38-45)68-71-67(46-21-6-2-7-22-46)72-69(73-68)53-28-18-35-62-64(53)54-43-48(41-42-60(54)74(62)49-23-8-3-9-24-49)50-26-16-32-58-66(50)76-63-36-15-12-30-56(63)70(58)55-29-11-14-34-61(55)75-59-33-13-10-25-51(59)52-27-17-31-57(70)65(52)75/h1-9,11-12,14-39,41-43,47H,10,13,40H2. The van der Waals surface area contributed by atoms with Crippen LogP contribution in [0.2, 0.25) is 0 Å². The Morgan fingerprint density at radius 3 is 2.03 bits per heavy atom. The van der Waals surface area contributed by atoms with Crippen LogP contribution in [0.1, 0.15) is 58.8 Å². The van der Waals surface area contributed by atoms with E-state index in [2.05, 4.69) is 234 Å². The molecule has 2 atom stereocenters. The van der Waals surface area contributed by atoms with Gasteiger partial charge in [-0.3, -0.25) is 0 Å². The van der Waals surface area contributed by atoms with Crippen LogP contribution in [0.25, 0.3) is 95.7 Å². The number of hydrogen-bond acceptors (Lipinski definition) is 4. The van der Waals surface area contributed by atoms with E-state index >= 15 is 0 Å². The summed E-state index contributed by atoms with van der Waals surface area (Å²) in [5.74, 6) is 3.74. The van der Waals surface area contributed by atoms with Crippen molar-refractivity contribution in [1.29, 1.82) is 0 Å². The van der Waals surface area contributed by atoms with Gasteiger partial charge in [-0.25, -0.2) is 15.0 Å². The molecule has 0 N–H and O–H groups in total. The van der Waals surface area contributed by atoms with Gasteiger partial charge < -0.3 is 13.9 Å². The highest BCUT2D eigenvalue weighted by Crippen LogP contribution is 2.60. The minimum absolute atomic E-state index is 0.0275. The largest absolute Gasteiger partial charge is 0.456 e. The van der Waals surface area contributed by atoms with E-state index in [1.807, 2.05) is 18.2 Å². The van der Waals surface area contributed by atoms with Crippen LogP contribution >= 0.6 is 0 Å². The summed E-state index contributed by atoms with van der Waals surface area (Å²) in [5, 5.41) is 6.08. The second-order valence-corrected chi connectivity index (χ2v) is 20.4. The molecule has 5 heterocycles. The van der Waals surface area contributed by atoms with Gasteiger partial charge in [-0.05, 0) is 89.6 Å². The Bertz CT molecular complexity index is 4590. The molecule has 12 aromatic rings. The van der Waals surface area contributed by atoms with E-state index in [1.165, 1.54) is 49.4 Å². The zero-order chi connectivity index (χ0) is 49.9. The number of para-hydroxylation sites is 5. The van der Waals surface area contributed by atoms with E-state index in [0.29, 0.717) is 11.6 Å². The van der Waals surface area contributed by atoms with E-state index in [9.17, 15) is 0 Å². The van der Waals surface area contributed by atoms with Crippen molar-refractivity contribution in [2.24, 2.45) is 0 Å². The maximum atomic E-state index is 7.33. The number of hydrogen-bond donors (Lipinski definition) is 0. The molecule has 1 spiro atoms. The molecule has 358 valence electrons. The molecule has 2 unspecified atom stereocenters. The van der Waals surface area contributed by atoms with Crippen LogP contribution in [0.5, 0.6) is 11.5 Å². The lowest BCUT2D eigenvalue weighted by Gasteiger charge is -2.45. The molecule has 2 aliphatic carbocycles. The van der Waals surface area contributed by atoms with Crippen LogP contribution in [0.4, 0.5) is 0 Å². The Balaban J connectivity index is 0.928. The normalized spacial score (nSPS) is 16.8. The van der Waals surface area contributed by atoms with Crippen molar-refractivity contribution in [3.63, 3.8) is 0 Å². The Labute approximate surface area is 439 Å². The number of ether oxygens (including phenoxy) is 1. The van der Waals surface area contributed by atoms with Gasteiger partial charge >= 0.3 is 0 Å². The molecule has 6 nitrogen and oxygen atoms in total. The van der Waals surface area contributed by atoms with Gasteiger partial charge in [-0.15, -0.1) is 0 Å². The van der Waals surface area contributed by atoms with Crippen molar-refractivity contribution in [1.82, 2.24) is 24.1 Å². The summed E-state index contributed by atoms with van der Waals surface area (Å²) in [7, 11) is 0. The van der Waals surface area contributed by atoms with Crippen molar-refractivity contribution in [2.45, 2.75) is 30.6 Å². The molecule has 0 saturated heterocycles. The van der Waals surface area contributed by atoms with Gasteiger partial charge in [0.05, 0.1) is 27.7 Å². The van der Waals surface area contributed by atoms with Gasteiger partial charge in [0, 0.05) is 66.1 Å². The number of nitrogens with zero attached hydrogens (tertiary/aromatic N) is 5. The van der Waals surface area contributed by atoms with Crippen LogP contribution < -0.4 is 15.3 Å². The van der Waals surface area contributed by atoms with E-state index in [-0.39, 0.29) is 5.92 Å². The first-order valence-corrected chi connectivity index (χ1v) is 26.4. The Kier molecular flexibility index (Phi) is 9.40. The molecule has 0 fully saturated rings. The Hall–Kier alpha value is -9.65. The third-order valence-electron chi connectivity index (χ3n) is 16.4. The first-order valence-electron chi connectivity index (χ1n) is 26.4. The quantitative estimate of drug-likeness (QED) is 0.167. The van der Waals surface area contributed by atoms with Crippen molar-refractivity contribution < 1.29 is 4.74 Å². The average molecular weight is 974 g/mol. The molecule has 6 heteroatoms. The highest BCUT2D eigenvalue weighted by atomic mass is 16.5.